The van der Waals surface area contributed by atoms with Crippen LogP contribution in [0.5, 0.6) is 0 Å². The number of hydrogen-bond donors (Lipinski definition) is 2. The lowest BCUT2D eigenvalue weighted by atomic mass is 9.78. The van der Waals surface area contributed by atoms with Crippen LogP contribution in [0.3, 0.4) is 0 Å². The van der Waals surface area contributed by atoms with Gasteiger partial charge in [0.1, 0.15) is 0 Å². The van der Waals surface area contributed by atoms with Gasteiger partial charge in [-0.2, -0.15) is 0 Å². The molecule has 1 fully saturated rings. The largest absolute Gasteiger partial charge is 0.384 e. The lowest BCUT2D eigenvalue weighted by Gasteiger charge is -2.35. The number of methoxy groups -OCH3 is 2. The molecule has 0 unspecified atom stereocenters. The van der Waals surface area contributed by atoms with Crippen molar-refractivity contribution in [3.8, 4) is 0 Å². The maximum absolute atomic E-state index is 12.7. The molecule has 0 aliphatic carbocycles. The summed E-state index contributed by atoms with van der Waals surface area (Å²) in [6, 6.07) is 7.76. The van der Waals surface area contributed by atoms with Crippen LogP contribution >= 0.6 is 0 Å². The highest BCUT2D eigenvalue weighted by atomic mass is 16.5. The zero-order chi connectivity index (χ0) is 15.1. The molecule has 0 bridgehead atoms. The molecule has 1 aliphatic heterocycles. The third kappa shape index (κ3) is 4.03. The molecule has 1 saturated heterocycles. The number of rotatable bonds is 6. The summed E-state index contributed by atoms with van der Waals surface area (Å²) in [5.74, 6) is 0.0421. The molecule has 5 nitrogen and oxygen atoms in total. The third-order valence-electron chi connectivity index (χ3n) is 3.96. The second-order valence-electron chi connectivity index (χ2n) is 5.55. The van der Waals surface area contributed by atoms with E-state index in [9.17, 15) is 4.79 Å². The van der Waals surface area contributed by atoms with E-state index in [1.165, 1.54) is 0 Å². The highest BCUT2D eigenvalue weighted by Crippen LogP contribution is 2.31. The van der Waals surface area contributed by atoms with Crippen molar-refractivity contribution in [2.45, 2.75) is 19.4 Å². The Hall–Kier alpha value is -1.43. The number of hydrogen-bond acceptors (Lipinski definition) is 4. The quantitative estimate of drug-likeness (QED) is 0.839. The summed E-state index contributed by atoms with van der Waals surface area (Å²) in [5, 5.41) is 6.32. The van der Waals surface area contributed by atoms with E-state index in [2.05, 4.69) is 10.6 Å². The molecule has 116 valence electrons. The van der Waals surface area contributed by atoms with Gasteiger partial charge in [-0.3, -0.25) is 4.79 Å². The molecular formula is C16H24N2O3. The lowest BCUT2D eigenvalue weighted by Crippen LogP contribution is -2.47. The van der Waals surface area contributed by atoms with Crippen LogP contribution in [0, 0.1) is 5.41 Å². The maximum Gasteiger partial charge on any atom is 0.233 e. The Balaban J connectivity index is 2.09. The molecule has 1 amide bonds. The average molecular weight is 292 g/mol. The van der Waals surface area contributed by atoms with Crippen molar-refractivity contribution in [2.75, 3.05) is 39.2 Å². The molecule has 2 N–H and O–H groups in total. The van der Waals surface area contributed by atoms with Crippen molar-refractivity contribution in [3.05, 3.63) is 29.8 Å². The Bertz CT molecular complexity index is 465. The topological polar surface area (TPSA) is 59.6 Å². The first kappa shape index (κ1) is 15.9. The van der Waals surface area contributed by atoms with Crippen LogP contribution in [0.15, 0.2) is 24.3 Å². The van der Waals surface area contributed by atoms with Gasteiger partial charge in [0.15, 0.2) is 0 Å². The molecule has 2 rings (SSSR count). The molecule has 5 heteroatoms. The Kier molecular flexibility index (Phi) is 5.73. The average Bonchev–Trinajstić information content (AvgIpc) is 2.49. The number of benzene rings is 1. The molecule has 1 aliphatic rings. The van der Waals surface area contributed by atoms with Crippen LogP contribution in [0.4, 0.5) is 5.69 Å². The van der Waals surface area contributed by atoms with Gasteiger partial charge in [0.05, 0.1) is 18.6 Å². The van der Waals surface area contributed by atoms with Crippen LogP contribution in [0.25, 0.3) is 0 Å². The van der Waals surface area contributed by atoms with Gasteiger partial charge in [0, 0.05) is 19.9 Å². The summed E-state index contributed by atoms with van der Waals surface area (Å²) < 4.78 is 10.4. The number of carbonyl (C=O) groups is 1. The molecule has 0 atom stereocenters. The summed E-state index contributed by atoms with van der Waals surface area (Å²) in [4.78, 5) is 12.7. The first-order valence-electron chi connectivity index (χ1n) is 7.29. The third-order valence-corrected chi connectivity index (χ3v) is 3.96. The monoisotopic (exact) mass is 292 g/mol. The zero-order valence-corrected chi connectivity index (χ0v) is 12.8. The fourth-order valence-electron chi connectivity index (χ4n) is 2.79. The lowest BCUT2D eigenvalue weighted by molar-refractivity contribution is -0.130. The number of amides is 1. The van der Waals surface area contributed by atoms with Crippen molar-refractivity contribution < 1.29 is 14.3 Å². The van der Waals surface area contributed by atoms with Crippen molar-refractivity contribution >= 4 is 11.6 Å². The van der Waals surface area contributed by atoms with Crippen molar-refractivity contribution in [1.82, 2.24) is 5.32 Å². The van der Waals surface area contributed by atoms with Gasteiger partial charge in [-0.15, -0.1) is 0 Å². The van der Waals surface area contributed by atoms with Gasteiger partial charge in [-0.05, 0) is 43.6 Å². The molecule has 0 aromatic heterocycles. The second kappa shape index (κ2) is 7.54. The first-order chi connectivity index (χ1) is 10.2. The minimum atomic E-state index is -0.433. The normalized spacial score (nSPS) is 17.4. The fourth-order valence-corrected chi connectivity index (χ4v) is 2.79. The minimum absolute atomic E-state index is 0.0421. The zero-order valence-electron chi connectivity index (χ0n) is 12.8. The van der Waals surface area contributed by atoms with E-state index >= 15 is 0 Å². The summed E-state index contributed by atoms with van der Waals surface area (Å²) in [6.45, 7) is 2.69. The van der Waals surface area contributed by atoms with Crippen molar-refractivity contribution in [1.29, 1.82) is 0 Å². The van der Waals surface area contributed by atoms with E-state index in [-0.39, 0.29) is 5.91 Å². The smallest absolute Gasteiger partial charge is 0.233 e. The summed E-state index contributed by atoms with van der Waals surface area (Å²) in [7, 11) is 3.31. The Morgan fingerprint density at radius 2 is 2.05 bits per heavy atom. The van der Waals surface area contributed by atoms with Crippen LogP contribution in [0.1, 0.15) is 18.4 Å². The molecule has 21 heavy (non-hydrogen) atoms. The standard InChI is InChI=1S/C16H24N2O3/c1-20-11-13-4-3-5-14(10-13)18-15(19)16(12-21-2)6-8-17-9-7-16/h3-5,10,17H,6-9,11-12H2,1-2H3,(H,18,19). The fraction of sp³-hybridized carbons (Fsp3) is 0.562. The summed E-state index contributed by atoms with van der Waals surface area (Å²) >= 11 is 0. The van der Waals surface area contributed by atoms with Gasteiger partial charge in [0.25, 0.3) is 0 Å². The molecule has 1 aromatic rings. The second-order valence-corrected chi connectivity index (χ2v) is 5.55. The van der Waals surface area contributed by atoms with Crippen molar-refractivity contribution in [2.24, 2.45) is 5.41 Å². The maximum atomic E-state index is 12.7. The van der Waals surface area contributed by atoms with Gasteiger partial charge in [-0.1, -0.05) is 12.1 Å². The first-order valence-corrected chi connectivity index (χ1v) is 7.29. The predicted octanol–water partition coefficient (Wildman–Crippen LogP) is 1.79. The molecule has 0 radical (unpaired) electrons. The number of carbonyl (C=O) groups excluding carboxylic acids is 1. The van der Waals surface area contributed by atoms with Crippen LogP contribution in [-0.2, 0) is 20.9 Å². The molecule has 0 saturated carbocycles. The molecule has 1 aromatic carbocycles. The molecule has 0 spiro atoms. The number of ether oxygens (including phenoxy) is 2. The Labute approximate surface area is 126 Å². The highest BCUT2D eigenvalue weighted by Gasteiger charge is 2.39. The van der Waals surface area contributed by atoms with Crippen LogP contribution < -0.4 is 10.6 Å². The van der Waals surface area contributed by atoms with Gasteiger partial charge >= 0.3 is 0 Å². The van der Waals surface area contributed by atoms with Gasteiger partial charge < -0.3 is 20.1 Å². The van der Waals surface area contributed by atoms with Crippen molar-refractivity contribution in [3.63, 3.8) is 0 Å². The number of anilines is 1. The summed E-state index contributed by atoms with van der Waals surface area (Å²) in [6.07, 6.45) is 1.59. The van der Waals surface area contributed by atoms with Crippen LogP contribution in [-0.4, -0.2) is 39.8 Å². The van der Waals surface area contributed by atoms with Gasteiger partial charge in [-0.25, -0.2) is 0 Å². The number of nitrogens with one attached hydrogen (secondary N) is 2. The van der Waals surface area contributed by atoms with E-state index in [4.69, 9.17) is 9.47 Å². The summed E-state index contributed by atoms with van der Waals surface area (Å²) in [5.41, 5.74) is 1.42. The SMILES string of the molecule is COCc1cccc(NC(=O)C2(COC)CCNCC2)c1. The van der Waals surface area contributed by atoms with Crippen LogP contribution in [0.2, 0.25) is 0 Å². The molecule has 1 heterocycles. The minimum Gasteiger partial charge on any atom is -0.384 e. The highest BCUT2D eigenvalue weighted by molar-refractivity contribution is 5.95. The van der Waals surface area contributed by atoms with E-state index < -0.39 is 5.41 Å². The van der Waals surface area contributed by atoms with E-state index in [1.54, 1.807) is 14.2 Å². The van der Waals surface area contributed by atoms with Gasteiger partial charge in [0.2, 0.25) is 5.91 Å². The number of piperidine rings is 1. The van der Waals surface area contributed by atoms with E-state index in [0.717, 1.165) is 37.2 Å². The predicted molar refractivity (Wildman–Crippen MR) is 82.2 cm³/mol. The van der Waals surface area contributed by atoms with E-state index in [1.807, 2.05) is 24.3 Å². The molecular weight excluding hydrogens is 268 g/mol. The Morgan fingerprint density at radius 1 is 1.29 bits per heavy atom. The van der Waals surface area contributed by atoms with E-state index in [0.29, 0.717) is 13.2 Å². The Morgan fingerprint density at radius 3 is 2.71 bits per heavy atom.